The van der Waals surface area contributed by atoms with Gasteiger partial charge in [0.1, 0.15) is 0 Å². The van der Waals surface area contributed by atoms with E-state index < -0.39 is 0 Å². The predicted octanol–water partition coefficient (Wildman–Crippen LogP) is 3.78. The third kappa shape index (κ3) is 3.12. The van der Waals surface area contributed by atoms with Crippen LogP contribution in [0.3, 0.4) is 0 Å². The molecule has 1 aromatic carbocycles. The first-order valence-electron chi connectivity index (χ1n) is 7.24. The van der Waals surface area contributed by atoms with Gasteiger partial charge in [-0.2, -0.15) is 0 Å². The molecule has 3 N–H and O–H groups in total. The highest BCUT2D eigenvalue weighted by atomic mass is 15.2. The first-order valence-corrected chi connectivity index (χ1v) is 7.24. The molecule has 1 aliphatic rings. The molecule has 1 unspecified atom stereocenters. The van der Waals surface area contributed by atoms with E-state index in [0.29, 0.717) is 6.04 Å². The van der Waals surface area contributed by atoms with Gasteiger partial charge in [-0.3, -0.25) is 11.3 Å². The zero-order valence-electron chi connectivity index (χ0n) is 11.7. The predicted molar refractivity (Wildman–Crippen MR) is 77.2 cm³/mol. The summed E-state index contributed by atoms with van der Waals surface area (Å²) in [7, 11) is 0. The fourth-order valence-electron chi connectivity index (χ4n) is 3.18. The minimum atomic E-state index is 0.311. The van der Waals surface area contributed by atoms with E-state index in [1.54, 1.807) is 0 Å². The van der Waals surface area contributed by atoms with Crippen molar-refractivity contribution in [2.45, 2.75) is 58.4 Å². The Hall–Kier alpha value is -0.860. The second-order valence-electron chi connectivity index (χ2n) is 5.74. The van der Waals surface area contributed by atoms with Crippen LogP contribution in [0.25, 0.3) is 0 Å². The van der Waals surface area contributed by atoms with Crippen molar-refractivity contribution in [3.8, 4) is 0 Å². The molecule has 2 rings (SSSR count). The molecule has 0 radical (unpaired) electrons. The van der Waals surface area contributed by atoms with E-state index in [1.807, 2.05) is 0 Å². The summed E-state index contributed by atoms with van der Waals surface area (Å²) in [6, 6.07) is 6.83. The van der Waals surface area contributed by atoms with Gasteiger partial charge >= 0.3 is 0 Å². The number of hydrazine groups is 1. The summed E-state index contributed by atoms with van der Waals surface area (Å²) < 4.78 is 0. The van der Waals surface area contributed by atoms with E-state index in [9.17, 15) is 0 Å². The lowest BCUT2D eigenvalue weighted by molar-refractivity contribution is 0.415. The van der Waals surface area contributed by atoms with E-state index in [2.05, 4.69) is 37.5 Å². The number of nitrogens with two attached hydrogens (primary N) is 1. The van der Waals surface area contributed by atoms with Crippen LogP contribution in [0.15, 0.2) is 18.2 Å². The molecule has 0 spiro atoms. The van der Waals surface area contributed by atoms with Crippen LogP contribution >= 0.6 is 0 Å². The van der Waals surface area contributed by atoms with Crippen LogP contribution in [0.4, 0.5) is 0 Å². The number of hydrogen-bond acceptors (Lipinski definition) is 2. The highest BCUT2D eigenvalue weighted by Crippen LogP contribution is 2.32. The summed E-state index contributed by atoms with van der Waals surface area (Å²) in [5.74, 6) is 6.69. The summed E-state index contributed by atoms with van der Waals surface area (Å²) in [5.41, 5.74) is 7.12. The van der Waals surface area contributed by atoms with Crippen molar-refractivity contribution in [3.63, 3.8) is 0 Å². The number of rotatable bonds is 5. The molecular weight excluding hydrogens is 220 g/mol. The third-order valence-corrected chi connectivity index (χ3v) is 4.56. The van der Waals surface area contributed by atoms with Gasteiger partial charge in [0.2, 0.25) is 0 Å². The van der Waals surface area contributed by atoms with Gasteiger partial charge in [0.15, 0.2) is 0 Å². The Morgan fingerprint density at radius 1 is 1.28 bits per heavy atom. The minimum absolute atomic E-state index is 0.311. The smallest absolute Gasteiger partial charge is 0.0462 e. The highest BCUT2D eigenvalue weighted by molar-refractivity contribution is 5.35. The zero-order chi connectivity index (χ0) is 13.0. The maximum absolute atomic E-state index is 5.76. The summed E-state index contributed by atoms with van der Waals surface area (Å²) >= 11 is 0. The second kappa shape index (κ2) is 6.35. The van der Waals surface area contributed by atoms with Gasteiger partial charge in [0, 0.05) is 6.04 Å². The lowest BCUT2D eigenvalue weighted by atomic mass is 9.91. The summed E-state index contributed by atoms with van der Waals surface area (Å²) in [5, 5.41) is 0. The summed E-state index contributed by atoms with van der Waals surface area (Å²) in [4.78, 5) is 0. The quantitative estimate of drug-likeness (QED) is 0.613. The molecule has 0 heterocycles. The average molecular weight is 246 g/mol. The van der Waals surface area contributed by atoms with E-state index >= 15 is 0 Å². The maximum atomic E-state index is 5.76. The van der Waals surface area contributed by atoms with Crippen molar-refractivity contribution < 1.29 is 0 Å². The van der Waals surface area contributed by atoms with Crippen LogP contribution < -0.4 is 11.3 Å². The van der Waals surface area contributed by atoms with Crippen molar-refractivity contribution in [1.82, 2.24) is 5.43 Å². The van der Waals surface area contributed by atoms with Crippen LogP contribution in [0.1, 0.15) is 61.3 Å². The van der Waals surface area contributed by atoms with Crippen molar-refractivity contribution in [2.75, 3.05) is 0 Å². The van der Waals surface area contributed by atoms with Crippen molar-refractivity contribution in [1.29, 1.82) is 0 Å². The third-order valence-electron chi connectivity index (χ3n) is 4.56. The molecule has 1 aliphatic carbocycles. The fourth-order valence-corrected chi connectivity index (χ4v) is 3.18. The first-order chi connectivity index (χ1) is 8.72. The Balaban J connectivity index is 2.00. The van der Waals surface area contributed by atoms with Gasteiger partial charge in [-0.05, 0) is 49.3 Å². The summed E-state index contributed by atoms with van der Waals surface area (Å²) in [6.07, 6.45) is 8.16. The molecule has 100 valence electrons. The topological polar surface area (TPSA) is 38.0 Å². The molecule has 2 heteroatoms. The fraction of sp³-hybridized carbons (Fsp3) is 0.625. The number of hydrogen-bond donors (Lipinski definition) is 2. The summed E-state index contributed by atoms with van der Waals surface area (Å²) in [6.45, 7) is 4.37. The minimum Gasteiger partial charge on any atom is -0.271 e. The lowest BCUT2D eigenvalue weighted by Gasteiger charge is -2.21. The van der Waals surface area contributed by atoms with Crippen LogP contribution in [0.5, 0.6) is 0 Å². The Bertz CT molecular complexity index is 381. The van der Waals surface area contributed by atoms with E-state index in [1.165, 1.54) is 48.8 Å². The number of benzene rings is 1. The molecule has 0 bridgehead atoms. The van der Waals surface area contributed by atoms with Crippen LogP contribution in [0.2, 0.25) is 0 Å². The van der Waals surface area contributed by atoms with Crippen LogP contribution in [-0.4, -0.2) is 0 Å². The highest BCUT2D eigenvalue weighted by Gasteiger charge is 2.18. The molecule has 1 atom stereocenters. The monoisotopic (exact) mass is 246 g/mol. The normalized spacial score (nSPS) is 18.2. The molecule has 18 heavy (non-hydrogen) atoms. The standard InChI is InChI=1S/C16H26N2/c1-12-6-5-9-15(13(12)2)16(18-17)11-10-14-7-3-4-8-14/h5-6,9,14,16,18H,3-4,7-8,10-11,17H2,1-2H3. The van der Waals surface area contributed by atoms with Gasteiger partial charge in [-0.25, -0.2) is 0 Å². The van der Waals surface area contributed by atoms with Gasteiger partial charge in [-0.1, -0.05) is 43.9 Å². The number of aryl methyl sites for hydroxylation is 1. The van der Waals surface area contributed by atoms with E-state index in [4.69, 9.17) is 5.84 Å². The lowest BCUT2D eigenvalue weighted by Crippen LogP contribution is -2.29. The van der Waals surface area contributed by atoms with Gasteiger partial charge in [0.05, 0.1) is 0 Å². The SMILES string of the molecule is Cc1cccc(C(CCC2CCCC2)NN)c1C. The zero-order valence-corrected chi connectivity index (χ0v) is 11.7. The van der Waals surface area contributed by atoms with E-state index in [-0.39, 0.29) is 0 Å². The van der Waals surface area contributed by atoms with Crippen LogP contribution in [0, 0.1) is 19.8 Å². The van der Waals surface area contributed by atoms with Crippen molar-refractivity contribution in [3.05, 3.63) is 34.9 Å². The average Bonchev–Trinajstić information content (AvgIpc) is 2.88. The van der Waals surface area contributed by atoms with Gasteiger partial charge in [-0.15, -0.1) is 0 Å². The molecule has 0 aliphatic heterocycles. The molecule has 1 saturated carbocycles. The number of nitrogens with one attached hydrogen (secondary N) is 1. The molecule has 1 aromatic rings. The largest absolute Gasteiger partial charge is 0.271 e. The Morgan fingerprint density at radius 2 is 2.00 bits per heavy atom. The second-order valence-corrected chi connectivity index (χ2v) is 5.74. The molecule has 1 fully saturated rings. The molecule has 2 nitrogen and oxygen atoms in total. The molecule has 0 amide bonds. The van der Waals surface area contributed by atoms with Gasteiger partial charge < -0.3 is 0 Å². The molecule has 0 aromatic heterocycles. The Morgan fingerprint density at radius 3 is 2.67 bits per heavy atom. The first kappa shape index (κ1) is 13.6. The van der Waals surface area contributed by atoms with Crippen molar-refractivity contribution >= 4 is 0 Å². The Kier molecular flexibility index (Phi) is 4.79. The van der Waals surface area contributed by atoms with Gasteiger partial charge in [0.25, 0.3) is 0 Å². The Labute approximate surface area is 111 Å². The van der Waals surface area contributed by atoms with E-state index in [0.717, 1.165) is 12.3 Å². The molecule has 0 saturated heterocycles. The maximum Gasteiger partial charge on any atom is 0.0462 e. The van der Waals surface area contributed by atoms with Crippen LogP contribution in [-0.2, 0) is 0 Å². The molecular formula is C16H26N2. The van der Waals surface area contributed by atoms with Crippen molar-refractivity contribution in [2.24, 2.45) is 11.8 Å².